The Balaban J connectivity index is 3.90. The van der Waals surface area contributed by atoms with Crippen LogP contribution in [0, 0.1) is 0 Å². The molecule has 0 spiro atoms. The largest absolute Gasteiger partial charge is 0.481 e. The van der Waals surface area contributed by atoms with Crippen molar-refractivity contribution in [3.05, 3.63) is 0 Å². The fraction of sp³-hybridized carbons (Fsp3) is 0.800. The average Bonchev–Trinajstić information content (AvgIpc) is 1.80. The van der Waals surface area contributed by atoms with E-state index in [1.165, 1.54) is 7.05 Å². The molecule has 6 heteroatoms. The number of rotatable bonds is 4. The molecule has 1 N–H and O–H groups in total. The zero-order valence-corrected chi connectivity index (χ0v) is 7.26. The molecular formula is C5H11NO4S. The van der Waals surface area contributed by atoms with Crippen LogP contribution in [0.3, 0.4) is 0 Å². The zero-order chi connectivity index (χ0) is 9.07. The third kappa shape index (κ3) is 4.74. The number of nitrogens with zero attached hydrogens (tertiary/aromatic N) is 1. The molecule has 0 saturated carbocycles. The van der Waals surface area contributed by atoms with Crippen molar-refractivity contribution in [1.29, 1.82) is 0 Å². The van der Waals surface area contributed by atoms with Crippen molar-refractivity contribution in [2.24, 2.45) is 0 Å². The number of carboxylic acid groups (broad SMARTS) is 1. The third-order valence-corrected chi connectivity index (χ3v) is 2.52. The van der Waals surface area contributed by atoms with Gasteiger partial charge in [0.1, 0.15) is 0 Å². The maximum Gasteiger partial charge on any atom is 0.304 e. The molecule has 0 atom stereocenters. The molecule has 5 nitrogen and oxygen atoms in total. The first-order valence-corrected chi connectivity index (χ1v) is 4.82. The first kappa shape index (κ1) is 10.4. The van der Waals surface area contributed by atoms with E-state index in [4.69, 9.17) is 5.11 Å². The van der Waals surface area contributed by atoms with Gasteiger partial charge in [-0.3, -0.25) is 4.79 Å². The van der Waals surface area contributed by atoms with Crippen LogP contribution in [-0.4, -0.2) is 43.6 Å². The number of aliphatic carboxylic acids is 1. The summed E-state index contributed by atoms with van der Waals surface area (Å²) < 4.78 is 22.4. The van der Waals surface area contributed by atoms with E-state index >= 15 is 0 Å². The van der Waals surface area contributed by atoms with Crippen LogP contribution in [0.4, 0.5) is 0 Å². The smallest absolute Gasteiger partial charge is 0.304 e. The third-order valence-electron chi connectivity index (χ3n) is 1.21. The average molecular weight is 181 g/mol. The molecule has 0 bridgehead atoms. The molecule has 0 aliphatic heterocycles. The molecular weight excluding hydrogens is 170 g/mol. The van der Waals surface area contributed by atoms with Crippen molar-refractivity contribution in [3.8, 4) is 0 Å². The molecule has 0 fully saturated rings. The second kappa shape index (κ2) is 3.68. The van der Waals surface area contributed by atoms with E-state index < -0.39 is 16.0 Å². The molecule has 11 heavy (non-hydrogen) atoms. The second-order valence-corrected chi connectivity index (χ2v) is 4.32. The van der Waals surface area contributed by atoms with Crippen LogP contribution in [-0.2, 0) is 14.8 Å². The highest BCUT2D eigenvalue weighted by molar-refractivity contribution is 7.88. The standard InChI is InChI=1S/C5H11NO4S/c1-6(11(2,9)10)4-3-5(7)8/h3-4H2,1-2H3,(H,7,8). The van der Waals surface area contributed by atoms with Gasteiger partial charge in [0.05, 0.1) is 12.7 Å². The Labute approximate surface area is 65.7 Å². The van der Waals surface area contributed by atoms with Crippen molar-refractivity contribution in [2.75, 3.05) is 19.8 Å². The minimum absolute atomic E-state index is 0.0220. The van der Waals surface area contributed by atoms with Crippen LogP contribution in [0.25, 0.3) is 0 Å². The number of hydrogen-bond acceptors (Lipinski definition) is 3. The minimum atomic E-state index is -3.23. The monoisotopic (exact) mass is 181 g/mol. The summed E-state index contributed by atoms with van der Waals surface area (Å²) in [4.78, 5) is 10.0. The fourth-order valence-electron chi connectivity index (χ4n) is 0.419. The van der Waals surface area contributed by atoms with E-state index in [0.717, 1.165) is 10.6 Å². The van der Waals surface area contributed by atoms with Crippen molar-refractivity contribution in [3.63, 3.8) is 0 Å². The van der Waals surface area contributed by atoms with E-state index in [9.17, 15) is 13.2 Å². The highest BCUT2D eigenvalue weighted by Crippen LogP contribution is 1.94. The van der Waals surface area contributed by atoms with Gasteiger partial charge < -0.3 is 5.11 Å². The topological polar surface area (TPSA) is 74.7 Å². The van der Waals surface area contributed by atoms with Gasteiger partial charge in [-0.1, -0.05) is 0 Å². The van der Waals surface area contributed by atoms with Crippen LogP contribution in [0.5, 0.6) is 0 Å². The number of hydrogen-bond donors (Lipinski definition) is 1. The number of carboxylic acids is 1. The lowest BCUT2D eigenvalue weighted by atomic mass is 10.4. The van der Waals surface area contributed by atoms with Crippen LogP contribution in [0.1, 0.15) is 6.42 Å². The summed E-state index contributed by atoms with van der Waals surface area (Å²) in [6.45, 7) is 0.0220. The SMILES string of the molecule is CN(CCC(=O)O)S(C)(=O)=O. The number of carbonyl (C=O) groups is 1. The molecule has 0 rings (SSSR count). The molecule has 0 aromatic rings. The van der Waals surface area contributed by atoms with E-state index in [0.29, 0.717) is 0 Å². The van der Waals surface area contributed by atoms with Crippen LogP contribution in [0.2, 0.25) is 0 Å². The summed E-state index contributed by atoms with van der Waals surface area (Å²) in [7, 11) is -1.88. The van der Waals surface area contributed by atoms with Crippen molar-refractivity contribution < 1.29 is 18.3 Å². The predicted molar refractivity (Wildman–Crippen MR) is 39.7 cm³/mol. The van der Waals surface area contributed by atoms with E-state index in [2.05, 4.69) is 0 Å². The van der Waals surface area contributed by atoms with Gasteiger partial charge in [-0.05, 0) is 0 Å². The Hall–Kier alpha value is -0.620. The summed E-state index contributed by atoms with van der Waals surface area (Å²) in [5, 5.41) is 8.21. The minimum Gasteiger partial charge on any atom is -0.481 e. The van der Waals surface area contributed by atoms with Gasteiger partial charge >= 0.3 is 5.97 Å². The molecule has 0 amide bonds. The fourth-order valence-corrected chi connectivity index (χ4v) is 0.842. The lowest BCUT2D eigenvalue weighted by Crippen LogP contribution is -2.27. The van der Waals surface area contributed by atoms with Crippen molar-refractivity contribution in [2.45, 2.75) is 6.42 Å². The molecule has 0 aliphatic carbocycles. The molecule has 0 unspecified atom stereocenters. The van der Waals surface area contributed by atoms with Gasteiger partial charge in [0.15, 0.2) is 0 Å². The van der Waals surface area contributed by atoms with Gasteiger partial charge in [0, 0.05) is 13.6 Å². The van der Waals surface area contributed by atoms with Crippen LogP contribution >= 0.6 is 0 Å². The Bertz CT molecular complexity index is 233. The first-order valence-electron chi connectivity index (χ1n) is 2.97. The van der Waals surface area contributed by atoms with Crippen LogP contribution in [0.15, 0.2) is 0 Å². The molecule has 0 heterocycles. The van der Waals surface area contributed by atoms with E-state index in [1.807, 2.05) is 0 Å². The molecule has 0 aromatic carbocycles. The highest BCUT2D eigenvalue weighted by atomic mass is 32.2. The Kier molecular flexibility index (Phi) is 3.47. The van der Waals surface area contributed by atoms with Gasteiger partial charge in [-0.25, -0.2) is 12.7 Å². The lowest BCUT2D eigenvalue weighted by molar-refractivity contribution is -0.137. The summed E-state index contributed by atoms with van der Waals surface area (Å²) in [5.74, 6) is -1.000. The maximum absolute atomic E-state index is 10.7. The van der Waals surface area contributed by atoms with Gasteiger partial charge in [0.25, 0.3) is 0 Å². The molecule has 66 valence electrons. The summed E-state index contributed by atoms with van der Waals surface area (Å²) in [6, 6.07) is 0. The number of sulfonamides is 1. The van der Waals surface area contributed by atoms with Gasteiger partial charge in [-0.2, -0.15) is 0 Å². The van der Waals surface area contributed by atoms with E-state index in [1.54, 1.807) is 0 Å². The van der Waals surface area contributed by atoms with Crippen molar-refractivity contribution in [1.82, 2.24) is 4.31 Å². The van der Waals surface area contributed by atoms with Crippen molar-refractivity contribution >= 4 is 16.0 Å². The lowest BCUT2D eigenvalue weighted by Gasteiger charge is -2.11. The quantitative estimate of drug-likeness (QED) is 0.625. The second-order valence-electron chi connectivity index (χ2n) is 2.23. The van der Waals surface area contributed by atoms with Crippen LogP contribution < -0.4 is 0 Å². The summed E-state index contributed by atoms with van der Waals surface area (Å²) in [6.07, 6.45) is 0.873. The Morgan fingerprint density at radius 1 is 1.55 bits per heavy atom. The normalized spacial score (nSPS) is 11.9. The zero-order valence-electron chi connectivity index (χ0n) is 6.44. The van der Waals surface area contributed by atoms with Gasteiger partial charge in [-0.15, -0.1) is 0 Å². The summed E-state index contributed by atoms with van der Waals surface area (Å²) >= 11 is 0. The Morgan fingerprint density at radius 3 is 2.27 bits per heavy atom. The van der Waals surface area contributed by atoms with Gasteiger partial charge in [0.2, 0.25) is 10.0 Å². The Morgan fingerprint density at radius 2 is 2.00 bits per heavy atom. The summed E-state index contributed by atoms with van der Waals surface area (Å²) in [5.41, 5.74) is 0. The maximum atomic E-state index is 10.7. The molecule has 0 aliphatic rings. The molecule has 0 aromatic heterocycles. The van der Waals surface area contributed by atoms with E-state index in [-0.39, 0.29) is 13.0 Å². The predicted octanol–water partition coefficient (Wildman–Crippen LogP) is -0.648. The first-order chi connectivity index (χ1) is 4.84. The highest BCUT2D eigenvalue weighted by Gasteiger charge is 2.11. The molecule has 0 radical (unpaired) electrons. The molecule has 0 saturated heterocycles.